The first kappa shape index (κ1) is 18.3. The Bertz CT molecular complexity index is 774. The molecular formula is C19H22N2O4. The summed E-state index contributed by atoms with van der Waals surface area (Å²) in [6.07, 6.45) is 0. The number of ether oxygens (including phenoxy) is 1. The molecule has 0 unspecified atom stereocenters. The maximum absolute atomic E-state index is 12.6. The summed E-state index contributed by atoms with van der Waals surface area (Å²) in [4.78, 5) is 26.2. The highest BCUT2D eigenvalue weighted by molar-refractivity contribution is 6.01. The molecule has 25 heavy (non-hydrogen) atoms. The van der Waals surface area contributed by atoms with Crippen LogP contribution in [0.3, 0.4) is 0 Å². The highest BCUT2D eigenvalue weighted by Gasteiger charge is 2.20. The van der Waals surface area contributed by atoms with Crippen LogP contribution in [0.4, 0.5) is 5.69 Å². The van der Waals surface area contributed by atoms with Crippen molar-refractivity contribution in [2.45, 2.75) is 13.8 Å². The zero-order valence-electron chi connectivity index (χ0n) is 14.6. The summed E-state index contributed by atoms with van der Waals surface area (Å²) in [7, 11) is 1.55. The average Bonchev–Trinajstić information content (AvgIpc) is 2.61. The molecule has 0 radical (unpaired) electrons. The van der Waals surface area contributed by atoms with E-state index in [1.807, 2.05) is 6.92 Å². The van der Waals surface area contributed by atoms with Gasteiger partial charge in [0.15, 0.2) is 0 Å². The molecule has 0 atom stereocenters. The van der Waals surface area contributed by atoms with E-state index < -0.39 is 0 Å². The summed E-state index contributed by atoms with van der Waals surface area (Å²) in [6, 6.07) is 11.8. The van der Waals surface area contributed by atoms with Gasteiger partial charge in [0.2, 0.25) is 5.91 Å². The summed E-state index contributed by atoms with van der Waals surface area (Å²) in [5, 5.41) is 12.7. The predicted octanol–water partition coefficient (Wildman–Crippen LogP) is 2.81. The van der Waals surface area contributed by atoms with Crippen LogP contribution in [0.15, 0.2) is 42.5 Å². The summed E-state index contributed by atoms with van der Waals surface area (Å²) in [6.45, 7) is 3.85. The van der Waals surface area contributed by atoms with Gasteiger partial charge in [-0.1, -0.05) is 17.7 Å². The Morgan fingerprint density at radius 3 is 2.64 bits per heavy atom. The lowest BCUT2D eigenvalue weighted by molar-refractivity contribution is -0.116. The summed E-state index contributed by atoms with van der Waals surface area (Å²) >= 11 is 0. The highest BCUT2D eigenvalue weighted by Crippen LogP contribution is 2.20. The molecule has 0 saturated carbocycles. The van der Waals surface area contributed by atoms with E-state index in [0.717, 1.165) is 5.56 Å². The van der Waals surface area contributed by atoms with E-state index in [9.17, 15) is 14.7 Å². The first-order valence-corrected chi connectivity index (χ1v) is 7.97. The topological polar surface area (TPSA) is 78.9 Å². The molecule has 0 saturated heterocycles. The number of rotatable bonds is 6. The molecule has 6 nitrogen and oxygen atoms in total. The zero-order chi connectivity index (χ0) is 18.4. The van der Waals surface area contributed by atoms with Crippen molar-refractivity contribution in [2.24, 2.45) is 0 Å². The van der Waals surface area contributed by atoms with Gasteiger partial charge in [0.25, 0.3) is 5.91 Å². The van der Waals surface area contributed by atoms with Crippen LogP contribution in [0.5, 0.6) is 11.5 Å². The minimum Gasteiger partial charge on any atom is -0.507 e. The Kier molecular flexibility index (Phi) is 6.00. The number of likely N-dealkylation sites (N-methyl/N-ethyl adjacent to an activating group) is 1. The lowest BCUT2D eigenvalue weighted by Gasteiger charge is -2.21. The van der Waals surface area contributed by atoms with Crippen molar-refractivity contribution in [1.29, 1.82) is 0 Å². The minimum absolute atomic E-state index is 0.0951. The molecule has 0 aliphatic heterocycles. The normalized spacial score (nSPS) is 10.2. The van der Waals surface area contributed by atoms with Crippen LogP contribution in [0.1, 0.15) is 22.8 Å². The second kappa shape index (κ2) is 8.19. The Labute approximate surface area is 147 Å². The zero-order valence-corrected chi connectivity index (χ0v) is 14.6. The number of phenols is 1. The third-order valence-corrected chi connectivity index (χ3v) is 3.74. The van der Waals surface area contributed by atoms with Crippen LogP contribution < -0.4 is 10.1 Å². The number of carbonyl (C=O) groups excluding carboxylic acids is 2. The van der Waals surface area contributed by atoms with E-state index in [2.05, 4.69) is 5.32 Å². The van der Waals surface area contributed by atoms with Crippen LogP contribution in [-0.2, 0) is 4.79 Å². The second-order valence-electron chi connectivity index (χ2n) is 5.62. The molecule has 2 aromatic rings. The van der Waals surface area contributed by atoms with Crippen LogP contribution in [0, 0.1) is 6.92 Å². The number of aryl methyl sites for hydroxylation is 1. The number of amides is 2. The molecule has 2 rings (SSSR count). The van der Waals surface area contributed by atoms with Crippen molar-refractivity contribution < 1.29 is 19.4 Å². The van der Waals surface area contributed by atoms with Gasteiger partial charge in [-0.05, 0) is 38.1 Å². The van der Waals surface area contributed by atoms with Crippen molar-refractivity contribution in [2.75, 3.05) is 25.5 Å². The fourth-order valence-electron chi connectivity index (χ4n) is 2.39. The van der Waals surface area contributed by atoms with Gasteiger partial charge in [0.05, 0.1) is 12.7 Å². The smallest absolute Gasteiger partial charge is 0.258 e. The number of hydrogen-bond acceptors (Lipinski definition) is 4. The largest absolute Gasteiger partial charge is 0.507 e. The molecule has 0 fully saturated rings. The van der Waals surface area contributed by atoms with Gasteiger partial charge in [-0.2, -0.15) is 0 Å². The Hall–Kier alpha value is -3.02. The number of hydrogen-bond donors (Lipinski definition) is 2. The fraction of sp³-hybridized carbons (Fsp3) is 0.263. The molecular weight excluding hydrogens is 320 g/mol. The van der Waals surface area contributed by atoms with Gasteiger partial charge in [-0.15, -0.1) is 0 Å². The molecule has 132 valence electrons. The third kappa shape index (κ3) is 4.73. The molecule has 0 spiro atoms. The number of aromatic hydroxyl groups is 1. The Morgan fingerprint density at radius 2 is 1.96 bits per heavy atom. The number of nitrogens with zero attached hydrogens (tertiary/aromatic N) is 1. The van der Waals surface area contributed by atoms with Crippen molar-refractivity contribution in [3.05, 3.63) is 53.6 Å². The number of anilines is 1. The Balaban J connectivity index is 2.08. The van der Waals surface area contributed by atoms with Gasteiger partial charge in [0, 0.05) is 18.3 Å². The molecule has 0 bridgehead atoms. The van der Waals surface area contributed by atoms with Gasteiger partial charge < -0.3 is 20.1 Å². The second-order valence-corrected chi connectivity index (χ2v) is 5.62. The van der Waals surface area contributed by atoms with E-state index in [1.54, 1.807) is 50.4 Å². The average molecular weight is 342 g/mol. The van der Waals surface area contributed by atoms with E-state index in [4.69, 9.17) is 4.74 Å². The number of methoxy groups -OCH3 is 1. The van der Waals surface area contributed by atoms with Gasteiger partial charge in [-0.25, -0.2) is 0 Å². The van der Waals surface area contributed by atoms with E-state index in [-0.39, 0.29) is 29.7 Å². The first-order valence-electron chi connectivity index (χ1n) is 7.97. The number of carbonyl (C=O) groups is 2. The van der Waals surface area contributed by atoms with E-state index in [1.165, 1.54) is 11.0 Å². The predicted molar refractivity (Wildman–Crippen MR) is 96.0 cm³/mol. The minimum atomic E-state index is -0.385. The van der Waals surface area contributed by atoms with E-state index in [0.29, 0.717) is 18.0 Å². The summed E-state index contributed by atoms with van der Waals surface area (Å²) in [5.41, 5.74) is 1.64. The van der Waals surface area contributed by atoms with Crippen LogP contribution >= 0.6 is 0 Å². The van der Waals surface area contributed by atoms with E-state index >= 15 is 0 Å². The molecule has 0 aliphatic rings. The van der Waals surface area contributed by atoms with Crippen molar-refractivity contribution >= 4 is 17.5 Å². The molecule has 0 aromatic heterocycles. The molecule has 0 heterocycles. The van der Waals surface area contributed by atoms with Crippen molar-refractivity contribution in [3.63, 3.8) is 0 Å². The standard InChI is InChI=1S/C19H22N2O4/c1-4-21(19(24)16-10-13(2)8-9-17(16)22)12-18(23)20-14-6-5-7-15(11-14)25-3/h5-11,22H,4,12H2,1-3H3,(H,20,23). The van der Waals surface area contributed by atoms with Crippen molar-refractivity contribution in [1.82, 2.24) is 4.90 Å². The van der Waals surface area contributed by atoms with Gasteiger partial charge >= 0.3 is 0 Å². The summed E-state index contributed by atoms with van der Waals surface area (Å²) < 4.78 is 5.12. The quantitative estimate of drug-likeness (QED) is 0.846. The molecule has 2 aromatic carbocycles. The van der Waals surface area contributed by atoms with Gasteiger partial charge in [-0.3, -0.25) is 9.59 Å². The highest BCUT2D eigenvalue weighted by atomic mass is 16.5. The molecule has 2 amide bonds. The lowest BCUT2D eigenvalue weighted by atomic mass is 10.1. The number of phenolic OH excluding ortho intramolecular Hbond substituents is 1. The number of nitrogens with one attached hydrogen (secondary N) is 1. The Morgan fingerprint density at radius 1 is 1.20 bits per heavy atom. The maximum atomic E-state index is 12.6. The van der Waals surface area contributed by atoms with Gasteiger partial charge in [0.1, 0.15) is 18.0 Å². The molecule has 0 aliphatic carbocycles. The SMILES string of the molecule is CCN(CC(=O)Nc1cccc(OC)c1)C(=O)c1cc(C)ccc1O. The van der Waals surface area contributed by atoms with Crippen LogP contribution in [0.2, 0.25) is 0 Å². The summed E-state index contributed by atoms with van der Waals surface area (Å²) in [5.74, 6) is -0.173. The molecule has 2 N–H and O–H groups in total. The van der Waals surface area contributed by atoms with Crippen molar-refractivity contribution in [3.8, 4) is 11.5 Å². The lowest BCUT2D eigenvalue weighted by Crippen LogP contribution is -2.37. The molecule has 6 heteroatoms. The maximum Gasteiger partial charge on any atom is 0.258 e. The monoisotopic (exact) mass is 342 g/mol. The van der Waals surface area contributed by atoms with Crippen LogP contribution in [-0.4, -0.2) is 42.0 Å². The number of benzene rings is 2. The first-order chi connectivity index (χ1) is 11.9. The third-order valence-electron chi connectivity index (χ3n) is 3.74. The van der Waals surface area contributed by atoms with Crippen LogP contribution in [0.25, 0.3) is 0 Å². The fourth-order valence-corrected chi connectivity index (χ4v) is 2.39.